The standard InChI is InChI=1S/C15H15Cl2NO2/c1-19-14-4-2-10(8-18)6-11(14)9-20-15-5-3-12(16)7-13(15)17/h2-7H,8-9,18H2,1H3. The van der Waals surface area contributed by atoms with Crippen molar-refractivity contribution in [1.82, 2.24) is 0 Å². The number of halogens is 2. The fourth-order valence-corrected chi connectivity index (χ4v) is 2.28. The van der Waals surface area contributed by atoms with Gasteiger partial charge in [-0.2, -0.15) is 0 Å². The first-order valence-electron chi connectivity index (χ1n) is 6.07. The summed E-state index contributed by atoms with van der Waals surface area (Å²) in [4.78, 5) is 0. The molecule has 0 aliphatic rings. The molecule has 0 saturated carbocycles. The summed E-state index contributed by atoms with van der Waals surface area (Å²) in [5.74, 6) is 1.34. The van der Waals surface area contributed by atoms with Crippen LogP contribution in [0.15, 0.2) is 36.4 Å². The largest absolute Gasteiger partial charge is 0.496 e. The van der Waals surface area contributed by atoms with Gasteiger partial charge < -0.3 is 15.2 Å². The molecule has 0 bridgehead atoms. The Kier molecular flexibility index (Phi) is 5.12. The smallest absolute Gasteiger partial charge is 0.138 e. The Balaban J connectivity index is 2.17. The molecule has 0 amide bonds. The number of ether oxygens (including phenoxy) is 2. The zero-order valence-corrected chi connectivity index (χ0v) is 12.5. The summed E-state index contributed by atoms with van der Waals surface area (Å²) in [7, 11) is 1.62. The maximum Gasteiger partial charge on any atom is 0.138 e. The van der Waals surface area contributed by atoms with Crippen LogP contribution in [0.3, 0.4) is 0 Å². The summed E-state index contributed by atoms with van der Waals surface area (Å²) in [5, 5.41) is 1.05. The van der Waals surface area contributed by atoms with E-state index in [0.29, 0.717) is 28.9 Å². The van der Waals surface area contributed by atoms with E-state index in [1.807, 2.05) is 18.2 Å². The predicted octanol–water partition coefficient (Wildman–Crippen LogP) is 4.04. The van der Waals surface area contributed by atoms with Crippen molar-refractivity contribution in [3.8, 4) is 11.5 Å². The molecule has 0 aromatic heterocycles. The van der Waals surface area contributed by atoms with Crippen LogP contribution >= 0.6 is 23.2 Å². The highest BCUT2D eigenvalue weighted by Crippen LogP contribution is 2.29. The highest BCUT2D eigenvalue weighted by atomic mass is 35.5. The Morgan fingerprint density at radius 3 is 2.45 bits per heavy atom. The zero-order valence-electron chi connectivity index (χ0n) is 11.0. The van der Waals surface area contributed by atoms with Crippen LogP contribution in [0.25, 0.3) is 0 Å². The van der Waals surface area contributed by atoms with Crippen molar-refractivity contribution < 1.29 is 9.47 Å². The zero-order chi connectivity index (χ0) is 14.5. The summed E-state index contributed by atoms with van der Waals surface area (Å²) in [6.07, 6.45) is 0. The molecule has 0 aliphatic carbocycles. The van der Waals surface area contributed by atoms with E-state index in [9.17, 15) is 0 Å². The van der Waals surface area contributed by atoms with Gasteiger partial charge in [0.05, 0.1) is 12.1 Å². The Hall–Kier alpha value is -1.42. The van der Waals surface area contributed by atoms with E-state index in [1.54, 1.807) is 25.3 Å². The number of benzene rings is 2. The van der Waals surface area contributed by atoms with E-state index in [4.69, 9.17) is 38.4 Å². The van der Waals surface area contributed by atoms with Gasteiger partial charge >= 0.3 is 0 Å². The summed E-state index contributed by atoms with van der Waals surface area (Å²) in [6, 6.07) is 10.9. The monoisotopic (exact) mass is 311 g/mol. The van der Waals surface area contributed by atoms with Gasteiger partial charge in [-0.15, -0.1) is 0 Å². The summed E-state index contributed by atoms with van der Waals surface area (Å²) in [6.45, 7) is 0.817. The Morgan fingerprint density at radius 2 is 1.80 bits per heavy atom. The molecule has 20 heavy (non-hydrogen) atoms. The van der Waals surface area contributed by atoms with Gasteiger partial charge in [0.25, 0.3) is 0 Å². The van der Waals surface area contributed by atoms with Crippen molar-refractivity contribution in [2.45, 2.75) is 13.2 Å². The van der Waals surface area contributed by atoms with Gasteiger partial charge in [-0.05, 0) is 35.9 Å². The second-order valence-electron chi connectivity index (χ2n) is 4.21. The minimum Gasteiger partial charge on any atom is -0.496 e. The Bertz CT molecular complexity index is 602. The van der Waals surface area contributed by atoms with Crippen LogP contribution < -0.4 is 15.2 Å². The van der Waals surface area contributed by atoms with Crippen molar-refractivity contribution in [3.63, 3.8) is 0 Å². The first-order chi connectivity index (χ1) is 9.63. The molecular weight excluding hydrogens is 297 g/mol. The van der Waals surface area contributed by atoms with Crippen LogP contribution in [-0.4, -0.2) is 7.11 Å². The molecule has 3 nitrogen and oxygen atoms in total. The highest BCUT2D eigenvalue weighted by molar-refractivity contribution is 6.35. The van der Waals surface area contributed by atoms with Crippen LogP contribution in [0.1, 0.15) is 11.1 Å². The minimum absolute atomic E-state index is 0.346. The van der Waals surface area contributed by atoms with Crippen LogP contribution in [0, 0.1) is 0 Å². The molecule has 0 fully saturated rings. The summed E-state index contributed by atoms with van der Waals surface area (Å²) >= 11 is 11.9. The average Bonchev–Trinajstić information content (AvgIpc) is 2.46. The third kappa shape index (κ3) is 3.57. The maximum atomic E-state index is 6.07. The molecule has 0 aliphatic heterocycles. The molecule has 106 valence electrons. The molecule has 2 aromatic carbocycles. The van der Waals surface area contributed by atoms with Crippen LogP contribution in [0.4, 0.5) is 0 Å². The summed E-state index contributed by atoms with van der Waals surface area (Å²) in [5.41, 5.74) is 7.58. The first-order valence-corrected chi connectivity index (χ1v) is 6.83. The van der Waals surface area contributed by atoms with Crippen molar-refractivity contribution in [2.75, 3.05) is 7.11 Å². The van der Waals surface area contributed by atoms with E-state index < -0.39 is 0 Å². The second-order valence-corrected chi connectivity index (χ2v) is 5.06. The predicted molar refractivity (Wildman–Crippen MR) is 81.7 cm³/mol. The molecule has 5 heteroatoms. The molecular formula is C15H15Cl2NO2. The van der Waals surface area contributed by atoms with Crippen molar-refractivity contribution >= 4 is 23.2 Å². The van der Waals surface area contributed by atoms with Gasteiger partial charge in [0.2, 0.25) is 0 Å². The minimum atomic E-state index is 0.346. The van der Waals surface area contributed by atoms with E-state index >= 15 is 0 Å². The van der Waals surface area contributed by atoms with Gasteiger partial charge in [-0.3, -0.25) is 0 Å². The van der Waals surface area contributed by atoms with Gasteiger partial charge in [0, 0.05) is 17.1 Å². The Morgan fingerprint density at radius 1 is 1.05 bits per heavy atom. The topological polar surface area (TPSA) is 44.5 Å². The second kappa shape index (κ2) is 6.84. The number of methoxy groups -OCH3 is 1. The maximum absolute atomic E-state index is 6.07. The van der Waals surface area contributed by atoms with Gasteiger partial charge in [-0.25, -0.2) is 0 Å². The average molecular weight is 312 g/mol. The van der Waals surface area contributed by atoms with Crippen LogP contribution in [0.2, 0.25) is 10.0 Å². The van der Waals surface area contributed by atoms with Crippen LogP contribution in [0.5, 0.6) is 11.5 Å². The molecule has 0 unspecified atom stereocenters. The Labute approximate surface area is 128 Å². The SMILES string of the molecule is COc1ccc(CN)cc1COc1ccc(Cl)cc1Cl. The van der Waals surface area contributed by atoms with Crippen LogP contribution in [-0.2, 0) is 13.2 Å². The number of rotatable bonds is 5. The molecule has 0 spiro atoms. The van der Waals surface area contributed by atoms with E-state index in [-0.39, 0.29) is 0 Å². The van der Waals surface area contributed by atoms with Crippen molar-refractivity contribution in [2.24, 2.45) is 5.73 Å². The van der Waals surface area contributed by atoms with Crippen molar-refractivity contribution in [1.29, 1.82) is 0 Å². The van der Waals surface area contributed by atoms with Gasteiger partial charge in [0.15, 0.2) is 0 Å². The lowest BCUT2D eigenvalue weighted by Crippen LogP contribution is -2.02. The van der Waals surface area contributed by atoms with Gasteiger partial charge in [-0.1, -0.05) is 29.3 Å². The molecule has 0 saturated heterocycles. The molecule has 0 radical (unpaired) electrons. The van der Waals surface area contributed by atoms with Crippen molar-refractivity contribution in [3.05, 3.63) is 57.6 Å². The molecule has 2 rings (SSSR count). The van der Waals surface area contributed by atoms with E-state index in [2.05, 4.69) is 0 Å². The third-order valence-electron chi connectivity index (χ3n) is 2.86. The van der Waals surface area contributed by atoms with Gasteiger partial charge in [0.1, 0.15) is 18.1 Å². The highest BCUT2D eigenvalue weighted by Gasteiger charge is 2.07. The number of hydrogen-bond acceptors (Lipinski definition) is 3. The lowest BCUT2D eigenvalue weighted by molar-refractivity contribution is 0.296. The molecule has 2 N–H and O–H groups in total. The van der Waals surface area contributed by atoms with E-state index in [1.165, 1.54) is 0 Å². The lowest BCUT2D eigenvalue weighted by atomic mass is 10.1. The third-order valence-corrected chi connectivity index (χ3v) is 3.39. The fourth-order valence-electron chi connectivity index (χ4n) is 1.82. The normalized spacial score (nSPS) is 10.4. The first kappa shape index (κ1) is 15.0. The molecule has 0 heterocycles. The number of nitrogens with two attached hydrogens (primary N) is 1. The molecule has 0 atom stereocenters. The quantitative estimate of drug-likeness (QED) is 0.906. The lowest BCUT2D eigenvalue weighted by Gasteiger charge is -2.12. The van der Waals surface area contributed by atoms with E-state index in [0.717, 1.165) is 16.9 Å². The molecule has 2 aromatic rings. The fraction of sp³-hybridized carbons (Fsp3) is 0.200. The summed E-state index contributed by atoms with van der Waals surface area (Å²) < 4.78 is 11.0. The number of hydrogen-bond donors (Lipinski definition) is 1.